The third-order valence-corrected chi connectivity index (χ3v) is 6.97. The van der Waals surface area contributed by atoms with Crippen molar-refractivity contribution in [1.82, 2.24) is 14.5 Å². The second-order valence-electron chi connectivity index (χ2n) is 11.3. The molecule has 0 saturated carbocycles. The number of methoxy groups -OCH3 is 1. The number of nitrogens with zero attached hydrogens (tertiary/aromatic N) is 2. The van der Waals surface area contributed by atoms with E-state index in [2.05, 4.69) is 5.32 Å². The van der Waals surface area contributed by atoms with Crippen molar-refractivity contribution >= 4 is 6.09 Å². The van der Waals surface area contributed by atoms with Gasteiger partial charge in [0, 0.05) is 16.8 Å². The minimum absolute atomic E-state index is 0.00855. The van der Waals surface area contributed by atoms with Crippen molar-refractivity contribution in [1.29, 1.82) is 0 Å². The second kappa shape index (κ2) is 13.2. The van der Waals surface area contributed by atoms with Crippen LogP contribution in [-0.2, 0) is 24.2 Å². The van der Waals surface area contributed by atoms with Crippen molar-refractivity contribution in [3.8, 4) is 16.9 Å². The summed E-state index contributed by atoms with van der Waals surface area (Å²) in [7, 11) is 1.27. The zero-order chi connectivity index (χ0) is 32.2. The highest BCUT2D eigenvalue weighted by molar-refractivity contribution is 5.68. The lowest BCUT2D eigenvalue weighted by Gasteiger charge is -2.25. The molecule has 0 aliphatic carbocycles. The van der Waals surface area contributed by atoms with Crippen LogP contribution in [0.5, 0.6) is 5.75 Å². The number of alkyl carbamates (subject to hydrolysis) is 1. The van der Waals surface area contributed by atoms with Gasteiger partial charge in [0.1, 0.15) is 17.2 Å². The van der Waals surface area contributed by atoms with Crippen LogP contribution in [0.25, 0.3) is 11.1 Å². The third-order valence-electron chi connectivity index (χ3n) is 6.97. The van der Waals surface area contributed by atoms with Crippen LogP contribution in [0.2, 0.25) is 0 Å². The Hall–Kier alpha value is -4.80. The maximum Gasteiger partial charge on any atom is 0.407 e. The van der Waals surface area contributed by atoms with Crippen LogP contribution in [0.4, 0.5) is 18.0 Å². The van der Waals surface area contributed by atoms with Crippen LogP contribution in [0.15, 0.2) is 76.3 Å². The van der Waals surface area contributed by atoms with E-state index in [4.69, 9.17) is 9.47 Å². The highest BCUT2D eigenvalue weighted by Crippen LogP contribution is 2.29. The molecule has 0 spiro atoms. The summed E-state index contributed by atoms with van der Waals surface area (Å²) in [5.74, 6) is -2.77. The lowest BCUT2D eigenvalue weighted by Crippen LogP contribution is -2.49. The Labute approximate surface area is 252 Å². The lowest BCUT2D eigenvalue weighted by atomic mass is 10.0. The Kier molecular flexibility index (Phi) is 9.66. The summed E-state index contributed by atoms with van der Waals surface area (Å²) in [5, 5.41) is 2.73. The van der Waals surface area contributed by atoms with Gasteiger partial charge < -0.3 is 14.8 Å². The molecule has 1 amide bonds. The molecule has 11 heteroatoms. The van der Waals surface area contributed by atoms with E-state index in [0.717, 1.165) is 26.8 Å². The largest absolute Gasteiger partial charge is 0.494 e. The molecular weight excluding hydrogens is 575 g/mol. The molecule has 0 aliphatic rings. The van der Waals surface area contributed by atoms with Gasteiger partial charge >= 0.3 is 11.8 Å². The van der Waals surface area contributed by atoms with Gasteiger partial charge in [-0.05, 0) is 57.9 Å². The Bertz CT molecular complexity index is 1760. The van der Waals surface area contributed by atoms with Crippen molar-refractivity contribution in [3.05, 3.63) is 122 Å². The zero-order valence-electron chi connectivity index (χ0n) is 25.1. The Balaban J connectivity index is 1.92. The number of nitrogens with one attached hydrogen (secondary N) is 1. The van der Waals surface area contributed by atoms with Crippen molar-refractivity contribution in [3.63, 3.8) is 0 Å². The lowest BCUT2D eigenvalue weighted by molar-refractivity contribution is 0.0498. The Morgan fingerprint density at radius 1 is 0.909 bits per heavy atom. The summed E-state index contributed by atoms with van der Waals surface area (Å²) >= 11 is 0. The quantitative estimate of drug-likeness (QED) is 0.267. The van der Waals surface area contributed by atoms with Crippen molar-refractivity contribution in [2.45, 2.75) is 58.8 Å². The fraction of sp³-hybridized carbons (Fsp3) is 0.303. The molecular formula is C33H34F3N3O5. The average Bonchev–Trinajstić information content (AvgIpc) is 2.95. The van der Waals surface area contributed by atoms with Crippen LogP contribution >= 0.6 is 0 Å². The number of ether oxygens (including phenoxy) is 2. The molecule has 0 saturated heterocycles. The monoisotopic (exact) mass is 609 g/mol. The van der Waals surface area contributed by atoms with Gasteiger partial charge in [-0.25, -0.2) is 22.8 Å². The molecule has 0 aliphatic heterocycles. The number of rotatable bonds is 9. The van der Waals surface area contributed by atoms with Gasteiger partial charge in [-0.1, -0.05) is 48.5 Å². The van der Waals surface area contributed by atoms with Crippen molar-refractivity contribution in [2.75, 3.05) is 7.11 Å². The first kappa shape index (κ1) is 32.1. The summed E-state index contributed by atoms with van der Waals surface area (Å²) < 4.78 is 57.4. The number of carbonyl (C=O) groups is 1. The molecule has 1 atom stereocenters. The SMILES string of the molecule is COc1cccc(-c2c(C)n(Cc3c(F)cccc3F)c(=O)n(C[C@H](Cc3ccccc3)NC(=O)OC(C)(C)C)c2=O)c1F. The minimum atomic E-state index is -0.897. The summed E-state index contributed by atoms with van der Waals surface area (Å²) in [6.07, 6.45) is -0.573. The molecule has 1 N–H and O–H groups in total. The summed E-state index contributed by atoms with van der Waals surface area (Å²) in [5.41, 5.74) is -2.56. The number of hydrogen-bond donors (Lipinski definition) is 1. The van der Waals surface area contributed by atoms with Crippen LogP contribution < -0.4 is 21.3 Å². The Morgan fingerprint density at radius 3 is 2.16 bits per heavy atom. The Morgan fingerprint density at radius 2 is 1.55 bits per heavy atom. The maximum absolute atomic E-state index is 15.6. The molecule has 1 heterocycles. The highest BCUT2D eigenvalue weighted by Gasteiger charge is 2.26. The van der Waals surface area contributed by atoms with E-state index in [1.165, 1.54) is 38.3 Å². The number of halogens is 3. The molecule has 4 aromatic rings. The van der Waals surface area contributed by atoms with E-state index in [-0.39, 0.29) is 35.5 Å². The predicted molar refractivity (Wildman–Crippen MR) is 160 cm³/mol. The maximum atomic E-state index is 15.6. The van der Waals surface area contributed by atoms with Gasteiger partial charge in [-0.3, -0.25) is 13.9 Å². The molecule has 4 rings (SSSR count). The van der Waals surface area contributed by atoms with Gasteiger partial charge in [0.25, 0.3) is 5.56 Å². The van der Waals surface area contributed by atoms with Crippen LogP contribution in [0, 0.1) is 24.4 Å². The van der Waals surface area contributed by atoms with E-state index >= 15 is 4.39 Å². The molecule has 0 radical (unpaired) electrons. The average molecular weight is 610 g/mol. The van der Waals surface area contributed by atoms with Gasteiger partial charge in [0.15, 0.2) is 11.6 Å². The predicted octanol–water partition coefficient (Wildman–Crippen LogP) is 5.60. The summed E-state index contributed by atoms with van der Waals surface area (Å²) in [4.78, 5) is 40.8. The minimum Gasteiger partial charge on any atom is -0.494 e. The molecule has 0 unspecified atom stereocenters. The zero-order valence-corrected chi connectivity index (χ0v) is 25.1. The molecule has 44 heavy (non-hydrogen) atoms. The fourth-order valence-electron chi connectivity index (χ4n) is 4.92. The smallest absolute Gasteiger partial charge is 0.407 e. The second-order valence-corrected chi connectivity index (χ2v) is 11.3. The topological polar surface area (TPSA) is 91.6 Å². The first-order valence-electron chi connectivity index (χ1n) is 13.9. The van der Waals surface area contributed by atoms with Gasteiger partial charge in [-0.2, -0.15) is 0 Å². The number of hydrogen-bond acceptors (Lipinski definition) is 5. The van der Waals surface area contributed by atoms with Crippen molar-refractivity contribution in [2.24, 2.45) is 0 Å². The van der Waals surface area contributed by atoms with Gasteiger partial charge in [0.05, 0.1) is 31.8 Å². The fourth-order valence-corrected chi connectivity index (χ4v) is 4.92. The van der Waals surface area contributed by atoms with Crippen LogP contribution in [0.1, 0.15) is 37.6 Å². The standard InChI is InChI=1S/C33H34F3N3O5/c1-20-28(23-13-9-16-27(43-5)29(23)36)30(40)39(32(42)38(20)19-24-25(34)14-10-15-26(24)35)18-22(17-21-11-7-6-8-12-21)37-31(41)44-33(2,3)4/h6-16,22H,17-19H2,1-5H3,(H,37,41)/t22-/m0/s1. The van der Waals surface area contributed by atoms with E-state index in [0.29, 0.717) is 0 Å². The number of aromatic nitrogens is 2. The van der Waals surface area contributed by atoms with Crippen LogP contribution in [-0.4, -0.2) is 34.0 Å². The molecule has 0 bridgehead atoms. The van der Waals surface area contributed by atoms with E-state index in [9.17, 15) is 23.2 Å². The van der Waals surface area contributed by atoms with Gasteiger partial charge in [0.2, 0.25) is 0 Å². The van der Waals surface area contributed by atoms with E-state index < -0.39 is 58.5 Å². The number of benzene rings is 3. The molecule has 3 aromatic carbocycles. The summed E-state index contributed by atoms with van der Waals surface area (Å²) in [6, 6.07) is 15.7. The molecule has 8 nitrogen and oxygen atoms in total. The first-order valence-corrected chi connectivity index (χ1v) is 13.9. The van der Waals surface area contributed by atoms with E-state index in [1.807, 2.05) is 18.2 Å². The third kappa shape index (κ3) is 7.21. The number of carbonyl (C=O) groups excluding carboxylic acids is 1. The molecule has 1 aromatic heterocycles. The number of amides is 1. The molecule has 232 valence electrons. The highest BCUT2D eigenvalue weighted by atomic mass is 19.1. The summed E-state index contributed by atoms with van der Waals surface area (Å²) in [6.45, 7) is 5.55. The normalized spacial score (nSPS) is 12.1. The van der Waals surface area contributed by atoms with Gasteiger partial charge in [-0.15, -0.1) is 0 Å². The molecule has 0 fully saturated rings. The first-order chi connectivity index (χ1) is 20.8. The van der Waals surface area contributed by atoms with E-state index in [1.54, 1.807) is 32.9 Å². The van der Waals surface area contributed by atoms with Crippen molar-refractivity contribution < 1.29 is 27.4 Å². The van der Waals surface area contributed by atoms with Crippen LogP contribution in [0.3, 0.4) is 0 Å².